The normalized spacial score (nSPS) is 15.8. The lowest BCUT2D eigenvalue weighted by Crippen LogP contribution is -2.50. The average molecular weight is 515 g/mol. The van der Waals surface area contributed by atoms with Crippen molar-refractivity contribution in [2.24, 2.45) is 0 Å². The Morgan fingerprint density at radius 2 is 2.03 bits per heavy atom. The van der Waals surface area contributed by atoms with E-state index in [1.807, 2.05) is 31.2 Å². The van der Waals surface area contributed by atoms with Crippen LogP contribution in [0.15, 0.2) is 37.0 Å². The van der Waals surface area contributed by atoms with Gasteiger partial charge in [0.15, 0.2) is 11.5 Å². The molecule has 4 rings (SSSR count). The zero-order chi connectivity index (χ0) is 25.0. The SMILES string of the molecule is C=C(C(=O)N(C)Cc1cccc(OC)c1OCCC)c1cnc2c(c1)CNC1(CCCC1)C(=O)N2.Cl. The van der Waals surface area contributed by atoms with Crippen molar-refractivity contribution in [2.75, 3.05) is 26.1 Å². The molecule has 0 radical (unpaired) electrons. The summed E-state index contributed by atoms with van der Waals surface area (Å²) in [6, 6.07) is 7.55. The molecule has 36 heavy (non-hydrogen) atoms. The van der Waals surface area contributed by atoms with Crippen LogP contribution in [0.2, 0.25) is 0 Å². The summed E-state index contributed by atoms with van der Waals surface area (Å²) < 4.78 is 11.4. The number of nitrogens with zero attached hydrogens (tertiary/aromatic N) is 2. The molecule has 1 aromatic carbocycles. The molecule has 0 saturated heterocycles. The lowest BCUT2D eigenvalue weighted by atomic mass is 9.96. The lowest BCUT2D eigenvalue weighted by molar-refractivity contribution is -0.124. The van der Waals surface area contributed by atoms with E-state index in [4.69, 9.17) is 9.47 Å². The molecule has 1 aromatic heterocycles. The number of nitrogens with one attached hydrogen (secondary N) is 2. The van der Waals surface area contributed by atoms with E-state index in [9.17, 15) is 9.59 Å². The molecule has 1 saturated carbocycles. The van der Waals surface area contributed by atoms with Crippen molar-refractivity contribution in [2.45, 2.75) is 57.7 Å². The van der Waals surface area contributed by atoms with Crippen LogP contribution >= 0.6 is 12.4 Å². The van der Waals surface area contributed by atoms with Gasteiger partial charge in [0.2, 0.25) is 5.91 Å². The number of para-hydroxylation sites is 1. The standard InChI is InChI=1S/C27H34N4O4.ClH/c1-5-13-35-23-19(9-8-10-22(23)34-4)17-31(3)25(32)18(2)20-14-21-16-29-27(11-6-7-12-27)26(33)30-24(21)28-15-20;/h8-10,14-15,29H,2,5-7,11-13,16-17H2,1,3-4H3,(H,28,30,33);1H. The summed E-state index contributed by atoms with van der Waals surface area (Å²) in [5.41, 5.74) is 2.15. The molecule has 2 aromatic rings. The number of benzene rings is 1. The number of pyridine rings is 1. The van der Waals surface area contributed by atoms with Crippen LogP contribution in [0.25, 0.3) is 5.57 Å². The number of likely N-dealkylation sites (N-methyl/N-ethyl adjacent to an activating group) is 1. The van der Waals surface area contributed by atoms with Gasteiger partial charge in [-0.1, -0.05) is 38.5 Å². The van der Waals surface area contributed by atoms with E-state index >= 15 is 0 Å². The lowest BCUT2D eigenvalue weighted by Gasteiger charge is -2.26. The van der Waals surface area contributed by atoms with Gasteiger partial charge in [-0.15, -0.1) is 12.4 Å². The fraction of sp³-hybridized carbons (Fsp3) is 0.444. The Bertz CT molecular complexity index is 1130. The Morgan fingerprint density at radius 3 is 2.72 bits per heavy atom. The molecule has 0 atom stereocenters. The Labute approximate surface area is 218 Å². The number of halogens is 1. The molecule has 1 aliphatic carbocycles. The third kappa shape index (κ3) is 5.50. The molecular weight excluding hydrogens is 480 g/mol. The molecule has 1 aliphatic heterocycles. The first-order chi connectivity index (χ1) is 16.9. The molecule has 0 bridgehead atoms. The van der Waals surface area contributed by atoms with Crippen LogP contribution < -0.4 is 20.1 Å². The summed E-state index contributed by atoms with van der Waals surface area (Å²) in [4.78, 5) is 32.1. The summed E-state index contributed by atoms with van der Waals surface area (Å²) in [5, 5.41) is 6.42. The first-order valence-electron chi connectivity index (χ1n) is 12.2. The molecule has 2 aliphatic rings. The van der Waals surface area contributed by atoms with Crippen LogP contribution in [0.5, 0.6) is 11.5 Å². The molecule has 1 fully saturated rings. The maximum absolute atomic E-state index is 13.3. The maximum Gasteiger partial charge on any atom is 0.253 e. The van der Waals surface area contributed by atoms with Gasteiger partial charge in [0, 0.05) is 48.6 Å². The van der Waals surface area contributed by atoms with Crippen molar-refractivity contribution < 1.29 is 19.1 Å². The van der Waals surface area contributed by atoms with Crippen molar-refractivity contribution in [3.63, 3.8) is 0 Å². The topological polar surface area (TPSA) is 92.8 Å². The Kier molecular flexibility index (Phi) is 8.98. The van der Waals surface area contributed by atoms with Crippen molar-refractivity contribution in [3.8, 4) is 11.5 Å². The van der Waals surface area contributed by atoms with Crippen LogP contribution in [0, 0.1) is 0 Å². The second kappa shape index (κ2) is 11.8. The van der Waals surface area contributed by atoms with Gasteiger partial charge in [0.25, 0.3) is 5.91 Å². The number of amides is 2. The second-order valence-corrected chi connectivity index (χ2v) is 9.27. The molecule has 1 spiro atoms. The van der Waals surface area contributed by atoms with Gasteiger partial charge >= 0.3 is 0 Å². The highest BCUT2D eigenvalue weighted by Crippen LogP contribution is 2.35. The van der Waals surface area contributed by atoms with Gasteiger partial charge in [-0.05, 0) is 31.4 Å². The molecule has 9 heteroatoms. The quantitative estimate of drug-likeness (QED) is 0.509. The first kappa shape index (κ1) is 27.5. The van der Waals surface area contributed by atoms with Crippen molar-refractivity contribution in [3.05, 3.63) is 53.7 Å². The van der Waals surface area contributed by atoms with E-state index in [0.717, 1.165) is 43.2 Å². The Morgan fingerprint density at radius 1 is 1.28 bits per heavy atom. The van der Waals surface area contributed by atoms with Gasteiger partial charge in [-0.2, -0.15) is 0 Å². The predicted octanol–water partition coefficient (Wildman–Crippen LogP) is 4.33. The minimum absolute atomic E-state index is 0. The summed E-state index contributed by atoms with van der Waals surface area (Å²) in [6.07, 6.45) is 6.18. The molecule has 2 heterocycles. The van der Waals surface area contributed by atoms with Crippen molar-refractivity contribution in [1.29, 1.82) is 0 Å². The summed E-state index contributed by atoms with van der Waals surface area (Å²) in [7, 11) is 3.34. The maximum atomic E-state index is 13.3. The minimum Gasteiger partial charge on any atom is -0.493 e. The minimum atomic E-state index is -0.526. The Balaban J connectivity index is 0.00000361. The molecule has 2 amide bonds. The van der Waals surface area contributed by atoms with Gasteiger partial charge in [-0.25, -0.2) is 4.98 Å². The molecule has 2 N–H and O–H groups in total. The number of fused-ring (bicyclic) bond motifs is 1. The van der Waals surface area contributed by atoms with Crippen LogP contribution in [0.4, 0.5) is 5.82 Å². The number of carbonyl (C=O) groups is 2. The predicted molar refractivity (Wildman–Crippen MR) is 142 cm³/mol. The van der Waals surface area contributed by atoms with Gasteiger partial charge in [-0.3, -0.25) is 14.9 Å². The van der Waals surface area contributed by atoms with Gasteiger partial charge < -0.3 is 19.7 Å². The summed E-state index contributed by atoms with van der Waals surface area (Å²) in [5.74, 6) is 1.59. The molecule has 0 unspecified atom stereocenters. The number of rotatable bonds is 8. The highest BCUT2D eigenvalue weighted by atomic mass is 35.5. The monoisotopic (exact) mass is 514 g/mol. The first-order valence-corrected chi connectivity index (χ1v) is 12.2. The highest BCUT2D eigenvalue weighted by Gasteiger charge is 2.42. The zero-order valence-corrected chi connectivity index (χ0v) is 22.0. The number of hydrogen-bond acceptors (Lipinski definition) is 6. The number of carbonyl (C=O) groups excluding carboxylic acids is 2. The smallest absolute Gasteiger partial charge is 0.253 e. The fourth-order valence-corrected chi connectivity index (χ4v) is 4.77. The van der Waals surface area contributed by atoms with E-state index in [2.05, 4.69) is 22.2 Å². The molecule has 8 nitrogen and oxygen atoms in total. The van der Waals surface area contributed by atoms with E-state index in [-0.39, 0.29) is 24.2 Å². The summed E-state index contributed by atoms with van der Waals surface area (Å²) >= 11 is 0. The number of methoxy groups -OCH3 is 1. The second-order valence-electron chi connectivity index (χ2n) is 9.27. The highest BCUT2D eigenvalue weighted by molar-refractivity contribution is 6.18. The third-order valence-corrected chi connectivity index (χ3v) is 6.80. The van der Waals surface area contributed by atoms with Crippen molar-refractivity contribution in [1.82, 2.24) is 15.2 Å². The fourth-order valence-electron chi connectivity index (χ4n) is 4.77. The van der Waals surface area contributed by atoms with Crippen LogP contribution in [0.1, 0.15) is 55.7 Å². The van der Waals surface area contributed by atoms with Crippen LogP contribution in [0.3, 0.4) is 0 Å². The van der Waals surface area contributed by atoms with E-state index in [0.29, 0.717) is 48.1 Å². The number of anilines is 1. The average Bonchev–Trinajstić information content (AvgIpc) is 3.31. The van der Waals surface area contributed by atoms with Crippen LogP contribution in [-0.2, 0) is 22.7 Å². The van der Waals surface area contributed by atoms with Gasteiger partial charge in [0.1, 0.15) is 5.82 Å². The van der Waals surface area contributed by atoms with E-state index < -0.39 is 5.54 Å². The summed E-state index contributed by atoms with van der Waals surface area (Å²) in [6.45, 7) is 7.50. The molecular formula is C27H35ClN4O4. The third-order valence-electron chi connectivity index (χ3n) is 6.80. The Hall–Kier alpha value is -3.10. The largest absolute Gasteiger partial charge is 0.493 e. The van der Waals surface area contributed by atoms with Crippen LogP contribution in [-0.4, -0.2) is 48.0 Å². The number of ether oxygens (including phenoxy) is 2. The van der Waals surface area contributed by atoms with E-state index in [1.54, 1.807) is 25.3 Å². The molecule has 194 valence electrons. The van der Waals surface area contributed by atoms with E-state index in [1.165, 1.54) is 0 Å². The number of aromatic nitrogens is 1. The number of hydrogen-bond donors (Lipinski definition) is 2. The van der Waals surface area contributed by atoms with Crippen molar-refractivity contribution >= 4 is 35.6 Å². The zero-order valence-electron chi connectivity index (χ0n) is 21.2. The van der Waals surface area contributed by atoms with Gasteiger partial charge in [0.05, 0.1) is 19.3 Å².